The Morgan fingerprint density at radius 3 is 2.88 bits per heavy atom. The highest BCUT2D eigenvalue weighted by Gasteiger charge is 2.42. The lowest BCUT2D eigenvalue weighted by Crippen LogP contribution is -2.50. The van der Waals surface area contributed by atoms with Gasteiger partial charge >= 0.3 is 0 Å². The second kappa shape index (κ2) is 3.94. The number of aromatic amines is 1. The topological polar surface area (TPSA) is 71.0 Å². The summed E-state index contributed by atoms with van der Waals surface area (Å²) >= 11 is 0. The number of aliphatic hydroxyl groups excluding tert-OH is 1. The van der Waals surface area contributed by atoms with Crippen LogP contribution in [0.5, 0.6) is 0 Å². The van der Waals surface area contributed by atoms with Crippen LogP contribution in [-0.2, 0) is 10.2 Å². The zero-order valence-corrected chi connectivity index (χ0v) is 9.26. The summed E-state index contributed by atoms with van der Waals surface area (Å²) < 4.78 is 5.17. The highest BCUT2D eigenvalue weighted by Crippen LogP contribution is 2.31. The molecule has 0 bridgehead atoms. The molecule has 5 nitrogen and oxygen atoms in total. The van der Waals surface area contributed by atoms with Crippen LogP contribution in [0, 0.1) is 0 Å². The number of hydrogen-bond donors (Lipinski definition) is 2. The third-order valence-electron chi connectivity index (χ3n) is 3.11. The Labute approximate surface area is 98.5 Å². The van der Waals surface area contributed by atoms with E-state index < -0.39 is 0 Å². The first-order valence-electron chi connectivity index (χ1n) is 5.49. The van der Waals surface area contributed by atoms with E-state index >= 15 is 0 Å². The molecule has 0 aromatic carbocycles. The largest absolute Gasteiger partial charge is 0.395 e. The normalized spacial score (nSPS) is 17.7. The van der Waals surface area contributed by atoms with Gasteiger partial charge in [-0.05, 0) is 12.1 Å². The Bertz CT molecular complexity index is 500. The molecule has 0 radical (unpaired) electrons. The summed E-state index contributed by atoms with van der Waals surface area (Å²) in [5.74, 6) is 0.783. The van der Waals surface area contributed by atoms with Crippen molar-refractivity contribution in [2.45, 2.75) is 5.41 Å². The van der Waals surface area contributed by atoms with E-state index in [9.17, 15) is 5.11 Å². The maximum absolute atomic E-state index is 9.42. The van der Waals surface area contributed by atoms with Gasteiger partial charge < -0.3 is 14.8 Å². The molecule has 0 atom stereocenters. The zero-order chi connectivity index (χ0) is 11.7. The fourth-order valence-corrected chi connectivity index (χ4v) is 1.91. The number of pyridine rings is 1. The lowest BCUT2D eigenvalue weighted by atomic mass is 9.86. The molecule has 5 heteroatoms. The SMILES string of the molecule is OCC1(c2ncc(-c3cccnc3)[nH]2)COC1. The van der Waals surface area contributed by atoms with E-state index in [1.165, 1.54) is 0 Å². The van der Waals surface area contributed by atoms with Crippen molar-refractivity contribution in [3.8, 4) is 11.3 Å². The average molecular weight is 231 g/mol. The third kappa shape index (κ3) is 1.64. The summed E-state index contributed by atoms with van der Waals surface area (Å²) in [6, 6.07) is 3.84. The summed E-state index contributed by atoms with van der Waals surface area (Å²) in [7, 11) is 0. The molecule has 0 amide bonds. The van der Waals surface area contributed by atoms with Gasteiger partial charge in [0.25, 0.3) is 0 Å². The molecule has 0 spiro atoms. The summed E-state index contributed by atoms with van der Waals surface area (Å²) in [6.07, 6.45) is 5.28. The van der Waals surface area contributed by atoms with Crippen LogP contribution in [0.2, 0.25) is 0 Å². The molecule has 3 heterocycles. The van der Waals surface area contributed by atoms with E-state index in [1.54, 1.807) is 18.6 Å². The Morgan fingerprint density at radius 1 is 1.41 bits per heavy atom. The van der Waals surface area contributed by atoms with E-state index in [0.29, 0.717) is 13.2 Å². The highest BCUT2D eigenvalue weighted by atomic mass is 16.5. The van der Waals surface area contributed by atoms with E-state index in [2.05, 4.69) is 15.0 Å². The molecule has 1 saturated heterocycles. The fraction of sp³-hybridized carbons (Fsp3) is 0.333. The predicted molar refractivity (Wildman–Crippen MR) is 61.4 cm³/mol. The van der Waals surface area contributed by atoms with Gasteiger partial charge in [0, 0.05) is 18.0 Å². The number of rotatable bonds is 3. The second-order valence-corrected chi connectivity index (χ2v) is 4.32. The van der Waals surface area contributed by atoms with Crippen LogP contribution in [0.15, 0.2) is 30.7 Å². The smallest absolute Gasteiger partial charge is 0.119 e. The molecular formula is C12H13N3O2. The lowest BCUT2D eigenvalue weighted by molar-refractivity contribution is -0.0880. The van der Waals surface area contributed by atoms with Crippen LogP contribution < -0.4 is 0 Å². The quantitative estimate of drug-likeness (QED) is 0.817. The minimum Gasteiger partial charge on any atom is -0.395 e. The standard InChI is InChI=1S/C12H13N3O2/c16-6-12(7-17-8-12)11-14-5-10(15-11)9-2-1-3-13-4-9/h1-5,16H,6-8H2,(H,14,15). The molecule has 2 aromatic heterocycles. The van der Waals surface area contributed by atoms with Crippen LogP contribution in [-0.4, -0.2) is 39.9 Å². The number of ether oxygens (including phenoxy) is 1. The first kappa shape index (κ1) is 10.4. The molecule has 1 aliphatic rings. The van der Waals surface area contributed by atoms with Crippen LogP contribution in [0.3, 0.4) is 0 Å². The van der Waals surface area contributed by atoms with Crippen molar-refractivity contribution in [1.82, 2.24) is 15.0 Å². The van der Waals surface area contributed by atoms with Gasteiger partial charge in [0.1, 0.15) is 5.82 Å². The van der Waals surface area contributed by atoms with Gasteiger partial charge in [0.2, 0.25) is 0 Å². The van der Waals surface area contributed by atoms with E-state index in [4.69, 9.17) is 4.74 Å². The van der Waals surface area contributed by atoms with Gasteiger partial charge in [-0.25, -0.2) is 4.98 Å². The summed E-state index contributed by atoms with van der Waals surface area (Å²) in [5.41, 5.74) is 1.55. The minimum absolute atomic E-state index is 0.0486. The van der Waals surface area contributed by atoms with Crippen molar-refractivity contribution >= 4 is 0 Å². The van der Waals surface area contributed by atoms with Gasteiger partial charge in [0.15, 0.2) is 0 Å². The average Bonchev–Trinajstić information content (AvgIpc) is 2.80. The van der Waals surface area contributed by atoms with Gasteiger partial charge in [-0.1, -0.05) is 0 Å². The van der Waals surface area contributed by atoms with Crippen molar-refractivity contribution in [2.24, 2.45) is 0 Å². The molecule has 2 N–H and O–H groups in total. The molecule has 0 saturated carbocycles. The number of nitrogens with one attached hydrogen (secondary N) is 1. The first-order valence-corrected chi connectivity index (χ1v) is 5.49. The number of aliphatic hydroxyl groups is 1. The minimum atomic E-state index is -0.347. The maximum Gasteiger partial charge on any atom is 0.119 e. The number of nitrogens with zero attached hydrogens (tertiary/aromatic N) is 2. The summed E-state index contributed by atoms with van der Waals surface area (Å²) in [4.78, 5) is 11.6. The number of hydrogen-bond acceptors (Lipinski definition) is 4. The molecule has 88 valence electrons. The maximum atomic E-state index is 9.42. The summed E-state index contributed by atoms with van der Waals surface area (Å²) in [5, 5.41) is 9.42. The Morgan fingerprint density at radius 2 is 2.29 bits per heavy atom. The number of imidazole rings is 1. The third-order valence-corrected chi connectivity index (χ3v) is 3.11. The first-order chi connectivity index (χ1) is 8.34. The molecule has 1 aliphatic heterocycles. The molecule has 0 unspecified atom stereocenters. The molecule has 1 fully saturated rings. The van der Waals surface area contributed by atoms with Crippen LogP contribution in [0.25, 0.3) is 11.3 Å². The predicted octanol–water partition coefficient (Wildman–Crippen LogP) is 0.732. The highest BCUT2D eigenvalue weighted by molar-refractivity contribution is 5.57. The van der Waals surface area contributed by atoms with E-state index in [0.717, 1.165) is 17.1 Å². The van der Waals surface area contributed by atoms with Crippen molar-refractivity contribution in [3.05, 3.63) is 36.5 Å². The van der Waals surface area contributed by atoms with Gasteiger partial charge in [-0.15, -0.1) is 0 Å². The van der Waals surface area contributed by atoms with Crippen molar-refractivity contribution < 1.29 is 9.84 Å². The van der Waals surface area contributed by atoms with Gasteiger partial charge in [-0.3, -0.25) is 4.98 Å². The van der Waals surface area contributed by atoms with Gasteiger partial charge in [0.05, 0.1) is 37.1 Å². The Kier molecular flexibility index (Phi) is 2.42. The molecule has 3 rings (SSSR count). The van der Waals surface area contributed by atoms with E-state index in [1.807, 2.05) is 12.1 Å². The van der Waals surface area contributed by atoms with Gasteiger partial charge in [-0.2, -0.15) is 0 Å². The molecule has 2 aromatic rings. The van der Waals surface area contributed by atoms with E-state index in [-0.39, 0.29) is 12.0 Å². The molecule has 17 heavy (non-hydrogen) atoms. The van der Waals surface area contributed by atoms with Crippen LogP contribution in [0.4, 0.5) is 0 Å². The second-order valence-electron chi connectivity index (χ2n) is 4.32. The van der Waals surface area contributed by atoms with Crippen molar-refractivity contribution in [1.29, 1.82) is 0 Å². The van der Waals surface area contributed by atoms with Crippen LogP contribution in [0.1, 0.15) is 5.82 Å². The van der Waals surface area contributed by atoms with Crippen LogP contribution >= 0.6 is 0 Å². The Balaban J connectivity index is 1.93. The number of H-pyrrole nitrogens is 1. The lowest BCUT2D eigenvalue weighted by Gasteiger charge is -2.37. The summed E-state index contributed by atoms with van der Waals surface area (Å²) in [6.45, 7) is 1.08. The molecular weight excluding hydrogens is 218 g/mol. The Hall–Kier alpha value is -1.72. The number of aromatic nitrogens is 3. The molecule has 0 aliphatic carbocycles. The monoisotopic (exact) mass is 231 g/mol. The van der Waals surface area contributed by atoms with Crippen molar-refractivity contribution in [2.75, 3.05) is 19.8 Å². The zero-order valence-electron chi connectivity index (χ0n) is 9.26. The van der Waals surface area contributed by atoms with Crippen molar-refractivity contribution in [3.63, 3.8) is 0 Å². The fourth-order valence-electron chi connectivity index (χ4n) is 1.91.